The highest BCUT2D eigenvalue weighted by atomic mass is 35.5. The smallest absolute Gasteiger partial charge is 0.121 e. The minimum atomic E-state index is -0.386. The topological polar surface area (TPSA) is 35.2 Å². The van der Waals surface area contributed by atoms with Crippen LogP contribution in [0.15, 0.2) is 18.2 Å². The van der Waals surface area contributed by atoms with Gasteiger partial charge in [-0.3, -0.25) is 0 Å². The van der Waals surface area contributed by atoms with Crippen molar-refractivity contribution >= 4 is 11.6 Å². The second-order valence-corrected chi connectivity index (χ2v) is 5.59. The molecule has 3 heteroatoms. The average Bonchev–Trinajstić information content (AvgIpc) is 2.96. The summed E-state index contributed by atoms with van der Waals surface area (Å²) in [7, 11) is 0. The SMILES string of the molecule is CC(C)(N)c1cc(Cl)cc(OCC2CC2)c1. The third kappa shape index (κ3) is 3.13. The van der Waals surface area contributed by atoms with Crippen LogP contribution in [0.5, 0.6) is 5.75 Å². The van der Waals surface area contributed by atoms with Crippen LogP contribution in [0.3, 0.4) is 0 Å². The molecule has 0 saturated heterocycles. The van der Waals surface area contributed by atoms with Gasteiger partial charge in [0.2, 0.25) is 0 Å². The number of benzene rings is 1. The minimum Gasteiger partial charge on any atom is -0.493 e. The zero-order chi connectivity index (χ0) is 11.8. The predicted molar refractivity (Wildman–Crippen MR) is 66.9 cm³/mol. The molecule has 1 fully saturated rings. The van der Waals surface area contributed by atoms with E-state index < -0.39 is 0 Å². The molecule has 88 valence electrons. The van der Waals surface area contributed by atoms with Gasteiger partial charge in [-0.25, -0.2) is 0 Å². The van der Waals surface area contributed by atoms with Crippen LogP contribution in [0.2, 0.25) is 5.02 Å². The van der Waals surface area contributed by atoms with E-state index in [-0.39, 0.29) is 5.54 Å². The summed E-state index contributed by atoms with van der Waals surface area (Å²) in [6, 6.07) is 5.72. The highest BCUT2D eigenvalue weighted by Gasteiger charge is 2.22. The van der Waals surface area contributed by atoms with Crippen molar-refractivity contribution in [3.8, 4) is 5.75 Å². The van der Waals surface area contributed by atoms with Crippen LogP contribution in [-0.2, 0) is 5.54 Å². The summed E-state index contributed by atoms with van der Waals surface area (Å²) in [6.45, 7) is 4.72. The van der Waals surface area contributed by atoms with Gasteiger partial charge in [0.1, 0.15) is 5.75 Å². The molecule has 1 aliphatic rings. The highest BCUT2D eigenvalue weighted by Crippen LogP contribution is 2.31. The molecule has 0 radical (unpaired) electrons. The van der Waals surface area contributed by atoms with Gasteiger partial charge >= 0.3 is 0 Å². The summed E-state index contributed by atoms with van der Waals surface area (Å²) < 4.78 is 5.71. The summed E-state index contributed by atoms with van der Waals surface area (Å²) >= 11 is 6.05. The second-order valence-electron chi connectivity index (χ2n) is 5.15. The van der Waals surface area contributed by atoms with Crippen molar-refractivity contribution in [3.63, 3.8) is 0 Å². The van der Waals surface area contributed by atoms with Gasteiger partial charge in [-0.05, 0) is 56.4 Å². The van der Waals surface area contributed by atoms with Crippen LogP contribution in [0.4, 0.5) is 0 Å². The van der Waals surface area contributed by atoms with Gasteiger partial charge in [0.25, 0.3) is 0 Å². The minimum absolute atomic E-state index is 0.386. The summed E-state index contributed by atoms with van der Waals surface area (Å²) in [5.74, 6) is 1.57. The Morgan fingerprint density at radius 3 is 2.62 bits per heavy atom. The van der Waals surface area contributed by atoms with Gasteiger partial charge in [-0.2, -0.15) is 0 Å². The number of halogens is 1. The first-order chi connectivity index (χ1) is 7.45. The summed E-state index contributed by atoms with van der Waals surface area (Å²) in [5, 5.41) is 0.682. The maximum atomic E-state index is 6.05. The number of rotatable bonds is 4. The van der Waals surface area contributed by atoms with Gasteiger partial charge in [0, 0.05) is 10.6 Å². The third-order valence-electron chi connectivity index (χ3n) is 2.80. The summed E-state index contributed by atoms with van der Waals surface area (Å²) in [6.07, 6.45) is 2.58. The van der Waals surface area contributed by atoms with Gasteiger partial charge in [-0.15, -0.1) is 0 Å². The van der Waals surface area contributed by atoms with Crippen molar-refractivity contribution in [3.05, 3.63) is 28.8 Å². The lowest BCUT2D eigenvalue weighted by atomic mass is 9.95. The lowest BCUT2D eigenvalue weighted by Crippen LogP contribution is -2.28. The zero-order valence-corrected chi connectivity index (χ0v) is 10.6. The molecular formula is C13H18ClNO. The van der Waals surface area contributed by atoms with Crippen LogP contribution in [0.1, 0.15) is 32.3 Å². The molecule has 0 amide bonds. The molecule has 2 N–H and O–H groups in total. The third-order valence-corrected chi connectivity index (χ3v) is 3.02. The second kappa shape index (κ2) is 4.27. The number of nitrogens with two attached hydrogens (primary N) is 1. The molecule has 0 spiro atoms. The van der Waals surface area contributed by atoms with Crippen molar-refractivity contribution in [1.82, 2.24) is 0 Å². The van der Waals surface area contributed by atoms with E-state index in [0.29, 0.717) is 5.02 Å². The molecule has 1 saturated carbocycles. The molecule has 0 heterocycles. The number of hydrogen-bond donors (Lipinski definition) is 1. The Labute approximate surface area is 102 Å². The van der Waals surface area contributed by atoms with Crippen LogP contribution in [-0.4, -0.2) is 6.61 Å². The maximum Gasteiger partial charge on any atom is 0.121 e. The van der Waals surface area contributed by atoms with Crippen LogP contribution in [0.25, 0.3) is 0 Å². The van der Waals surface area contributed by atoms with E-state index in [1.54, 1.807) is 0 Å². The Bertz CT molecular complexity index is 380. The Morgan fingerprint density at radius 2 is 2.06 bits per heavy atom. The average molecular weight is 240 g/mol. The van der Waals surface area contributed by atoms with Gasteiger partial charge in [0.05, 0.1) is 6.61 Å². The lowest BCUT2D eigenvalue weighted by Gasteiger charge is -2.20. The molecule has 0 aromatic heterocycles. The van der Waals surface area contributed by atoms with E-state index >= 15 is 0 Å². The lowest BCUT2D eigenvalue weighted by molar-refractivity contribution is 0.299. The van der Waals surface area contributed by atoms with Crippen LogP contribution in [0, 0.1) is 5.92 Å². The standard InChI is InChI=1S/C13H18ClNO/c1-13(2,15)10-5-11(14)7-12(6-10)16-8-9-3-4-9/h5-7,9H,3-4,8,15H2,1-2H3. The normalized spacial score (nSPS) is 16.2. The van der Waals surface area contributed by atoms with Gasteiger partial charge < -0.3 is 10.5 Å². The van der Waals surface area contributed by atoms with Crippen LogP contribution < -0.4 is 10.5 Å². The monoisotopic (exact) mass is 239 g/mol. The Hall–Kier alpha value is -0.730. The van der Waals surface area contributed by atoms with Crippen molar-refractivity contribution < 1.29 is 4.74 Å². The molecule has 0 bridgehead atoms. The fourth-order valence-corrected chi connectivity index (χ4v) is 1.74. The quantitative estimate of drug-likeness (QED) is 0.875. The van der Waals surface area contributed by atoms with E-state index in [1.807, 2.05) is 32.0 Å². The fourth-order valence-electron chi connectivity index (χ4n) is 1.52. The molecule has 0 atom stereocenters. The largest absolute Gasteiger partial charge is 0.493 e. The molecular weight excluding hydrogens is 222 g/mol. The molecule has 1 aromatic rings. The molecule has 2 rings (SSSR count). The van der Waals surface area contributed by atoms with Crippen molar-refractivity contribution in [2.75, 3.05) is 6.61 Å². The zero-order valence-electron chi connectivity index (χ0n) is 9.79. The van der Waals surface area contributed by atoms with E-state index in [2.05, 4.69) is 0 Å². The van der Waals surface area contributed by atoms with Gasteiger partial charge in [-0.1, -0.05) is 11.6 Å². The Balaban J connectivity index is 2.14. The Kier molecular flexibility index (Phi) is 3.13. The maximum absolute atomic E-state index is 6.05. The van der Waals surface area contributed by atoms with Crippen molar-refractivity contribution in [2.45, 2.75) is 32.2 Å². The molecule has 0 aliphatic heterocycles. The first-order valence-corrected chi connectivity index (χ1v) is 6.06. The molecule has 0 unspecified atom stereocenters. The highest BCUT2D eigenvalue weighted by molar-refractivity contribution is 6.30. The van der Waals surface area contributed by atoms with Gasteiger partial charge in [0.15, 0.2) is 0 Å². The first kappa shape index (κ1) is 11.7. The molecule has 16 heavy (non-hydrogen) atoms. The summed E-state index contributed by atoms with van der Waals surface area (Å²) in [4.78, 5) is 0. The van der Waals surface area contributed by atoms with Crippen LogP contribution >= 0.6 is 11.6 Å². The molecule has 1 aromatic carbocycles. The first-order valence-electron chi connectivity index (χ1n) is 5.68. The predicted octanol–water partition coefficient (Wildman–Crippen LogP) is 3.32. The fraction of sp³-hybridized carbons (Fsp3) is 0.538. The van der Waals surface area contributed by atoms with E-state index in [9.17, 15) is 0 Å². The Morgan fingerprint density at radius 1 is 1.38 bits per heavy atom. The van der Waals surface area contributed by atoms with E-state index in [4.69, 9.17) is 22.1 Å². The van der Waals surface area contributed by atoms with E-state index in [1.165, 1.54) is 12.8 Å². The van der Waals surface area contributed by atoms with Crippen molar-refractivity contribution in [2.24, 2.45) is 11.7 Å². The summed E-state index contributed by atoms with van der Waals surface area (Å²) in [5.41, 5.74) is 6.67. The van der Waals surface area contributed by atoms with E-state index in [0.717, 1.165) is 23.8 Å². The number of ether oxygens (including phenoxy) is 1. The molecule has 2 nitrogen and oxygen atoms in total. The molecule has 1 aliphatic carbocycles. The number of hydrogen-bond acceptors (Lipinski definition) is 2. The van der Waals surface area contributed by atoms with Crippen molar-refractivity contribution in [1.29, 1.82) is 0 Å².